The standard InChI is InChI=1S/C18H22F2N2O/c1-2-17(23)22-10-7-13-3-4-16(11-14(13)12-22)21-15-5-8-18(19,20)9-6-15/h2-4,11,15,21H,1,5-10,12H2. The van der Waals surface area contributed by atoms with Crippen LogP contribution in [0.3, 0.4) is 0 Å². The first-order valence-electron chi connectivity index (χ1n) is 8.14. The molecule has 1 N–H and O–H groups in total. The molecule has 0 saturated heterocycles. The Morgan fingerprint density at radius 2 is 2.04 bits per heavy atom. The highest BCUT2D eigenvalue weighted by atomic mass is 19.3. The van der Waals surface area contributed by atoms with Crippen LogP contribution in [0, 0.1) is 0 Å². The van der Waals surface area contributed by atoms with Gasteiger partial charge in [0.2, 0.25) is 11.8 Å². The van der Waals surface area contributed by atoms with Crippen LogP contribution in [0.2, 0.25) is 0 Å². The van der Waals surface area contributed by atoms with Crippen LogP contribution in [0.15, 0.2) is 30.9 Å². The summed E-state index contributed by atoms with van der Waals surface area (Å²) in [5, 5.41) is 3.37. The van der Waals surface area contributed by atoms with Gasteiger partial charge in [-0.25, -0.2) is 8.78 Å². The van der Waals surface area contributed by atoms with Gasteiger partial charge in [-0.1, -0.05) is 12.6 Å². The molecule has 0 radical (unpaired) electrons. The molecule has 0 unspecified atom stereocenters. The Hall–Kier alpha value is -1.91. The molecule has 23 heavy (non-hydrogen) atoms. The number of anilines is 1. The van der Waals surface area contributed by atoms with Crippen molar-refractivity contribution < 1.29 is 13.6 Å². The number of hydrogen-bond donors (Lipinski definition) is 1. The fourth-order valence-corrected chi connectivity index (χ4v) is 3.38. The molecule has 3 nitrogen and oxygen atoms in total. The van der Waals surface area contributed by atoms with Crippen molar-refractivity contribution in [2.75, 3.05) is 11.9 Å². The molecule has 1 saturated carbocycles. The third kappa shape index (κ3) is 3.71. The normalized spacial score (nSPS) is 20.7. The summed E-state index contributed by atoms with van der Waals surface area (Å²) in [5.74, 6) is -2.55. The van der Waals surface area contributed by atoms with Crippen LogP contribution in [0.5, 0.6) is 0 Å². The molecule has 1 aromatic rings. The molecule has 1 aliphatic heterocycles. The maximum absolute atomic E-state index is 13.2. The van der Waals surface area contributed by atoms with E-state index < -0.39 is 5.92 Å². The number of nitrogens with zero attached hydrogens (tertiary/aromatic N) is 1. The molecule has 0 aromatic heterocycles. The lowest BCUT2D eigenvalue weighted by molar-refractivity contribution is -0.126. The fourth-order valence-electron chi connectivity index (χ4n) is 3.38. The average Bonchev–Trinajstić information content (AvgIpc) is 2.55. The van der Waals surface area contributed by atoms with E-state index >= 15 is 0 Å². The van der Waals surface area contributed by atoms with Gasteiger partial charge < -0.3 is 10.2 Å². The van der Waals surface area contributed by atoms with Crippen LogP contribution in [-0.2, 0) is 17.8 Å². The van der Waals surface area contributed by atoms with Crippen LogP contribution in [0.4, 0.5) is 14.5 Å². The Bertz CT molecular complexity index is 605. The summed E-state index contributed by atoms with van der Waals surface area (Å²) in [5.41, 5.74) is 3.32. The Morgan fingerprint density at radius 3 is 2.74 bits per heavy atom. The minimum absolute atomic E-state index is 0.0444. The first-order chi connectivity index (χ1) is 11.0. The quantitative estimate of drug-likeness (QED) is 0.860. The average molecular weight is 320 g/mol. The molecule has 0 bridgehead atoms. The molecule has 5 heteroatoms. The zero-order chi connectivity index (χ0) is 16.4. The molecule has 124 valence electrons. The topological polar surface area (TPSA) is 32.3 Å². The summed E-state index contributed by atoms with van der Waals surface area (Å²) in [7, 11) is 0. The molecule has 0 atom stereocenters. The lowest BCUT2D eigenvalue weighted by Crippen LogP contribution is -2.35. The second kappa shape index (κ2) is 6.30. The predicted molar refractivity (Wildman–Crippen MR) is 86.6 cm³/mol. The predicted octanol–water partition coefficient (Wildman–Crippen LogP) is 3.75. The zero-order valence-electron chi connectivity index (χ0n) is 13.2. The van der Waals surface area contributed by atoms with E-state index in [0.717, 1.165) is 17.7 Å². The summed E-state index contributed by atoms with van der Waals surface area (Å²) in [6.07, 6.45) is 3.07. The number of nitrogens with one attached hydrogen (secondary N) is 1. The molecule has 1 fully saturated rings. The van der Waals surface area contributed by atoms with E-state index in [9.17, 15) is 13.6 Å². The lowest BCUT2D eigenvalue weighted by atomic mass is 9.91. The second-order valence-electron chi connectivity index (χ2n) is 6.47. The second-order valence-corrected chi connectivity index (χ2v) is 6.47. The van der Waals surface area contributed by atoms with Crippen LogP contribution in [0.25, 0.3) is 0 Å². The SMILES string of the molecule is C=CC(=O)N1CCc2ccc(NC3CCC(F)(F)CC3)cc2C1. The van der Waals surface area contributed by atoms with Gasteiger partial charge >= 0.3 is 0 Å². The first-order valence-corrected chi connectivity index (χ1v) is 8.14. The van der Waals surface area contributed by atoms with Crippen molar-refractivity contribution in [3.8, 4) is 0 Å². The maximum atomic E-state index is 13.2. The number of hydrogen-bond acceptors (Lipinski definition) is 2. The van der Waals surface area contributed by atoms with Crippen LogP contribution < -0.4 is 5.32 Å². The number of benzene rings is 1. The Balaban J connectivity index is 1.66. The molecular formula is C18H22F2N2O. The van der Waals surface area contributed by atoms with Gasteiger partial charge in [0.1, 0.15) is 0 Å². The monoisotopic (exact) mass is 320 g/mol. The van der Waals surface area contributed by atoms with Crippen LogP contribution in [0.1, 0.15) is 36.8 Å². The molecule has 1 aliphatic carbocycles. The van der Waals surface area contributed by atoms with Gasteiger partial charge in [0.25, 0.3) is 0 Å². The Labute approximate surface area is 135 Å². The largest absolute Gasteiger partial charge is 0.382 e. The van der Waals surface area contributed by atoms with E-state index in [1.54, 1.807) is 4.90 Å². The third-order valence-electron chi connectivity index (χ3n) is 4.79. The number of fused-ring (bicyclic) bond motifs is 1. The van der Waals surface area contributed by atoms with Crippen molar-refractivity contribution in [2.45, 2.75) is 50.6 Å². The van der Waals surface area contributed by atoms with Crippen molar-refractivity contribution in [2.24, 2.45) is 0 Å². The molecule has 2 aliphatic rings. The van der Waals surface area contributed by atoms with Gasteiger partial charge in [0.05, 0.1) is 0 Å². The molecule has 1 heterocycles. The van der Waals surface area contributed by atoms with Crippen LogP contribution in [-0.4, -0.2) is 29.3 Å². The lowest BCUT2D eigenvalue weighted by Gasteiger charge is -2.31. The molecule has 0 spiro atoms. The highest BCUT2D eigenvalue weighted by Gasteiger charge is 2.34. The van der Waals surface area contributed by atoms with E-state index in [0.29, 0.717) is 25.9 Å². The van der Waals surface area contributed by atoms with Gasteiger partial charge in [-0.15, -0.1) is 0 Å². The third-order valence-corrected chi connectivity index (χ3v) is 4.79. The molecule has 3 rings (SSSR count). The summed E-state index contributed by atoms with van der Waals surface area (Å²) in [4.78, 5) is 13.5. The minimum atomic E-state index is -2.50. The number of carbonyl (C=O) groups is 1. The molecular weight excluding hydrogens is 298 g/mol. The van der Waals surface area contributed by atoms with Crippen molar-refractivity contribution in [3.05, 3.63) is 42.0 Å². The van der Waals surface area contributed by atoms with Crippen molar-refractivity contribution in [1.29, 1.82) is 0 Å². The highest BCUT2D eigenvalue weighted by Crippen LogP contribution is 2.34. The summed E-state index contributed by atoms with van der Waals surface area (Å²) in [6.45, 7) is 4.83. The van der Waals surface area contributed by atoms with Gasteiger partial charge in [-0.05, 0) is 48.6 Å². The minimum Gasteiger partial charge on any atom is -0.382 e. The maximum Gasteiger partial charge on any atom is 0.248 e. The van der Waals surface area contributed by atoms with E-state index in [2.05, 4.69) is 18.0 Å². The number of amides is 1. The van der Waals surface area contributed by atoms with E-state index in [-0.39, 0.29) is 24.8 Å². The van der Waals surface area contributed by atoms with Gasteiger partial charge in [0, 0.05) is 37.7 Å². The summed E-state index contributed by atoms with van der Waals surface area (Å²) < 4.78 is 26.4. The van der Waals surface area contributed by atoms with E-state index in [4.69, 9.17) is 0 Å². The highest BCUT2D eigenvalue weighted by molar-refractivity contribution is 5.87. The Kier molecular flexibility index (Phi) is 4.37. The van der Waals surface area contributed by atoms with Crippen molar-refractivity contribution in [1.82, 2.24) is 4.90 Å². The smallest absolute Gasteiger partial charge is 0.248 e. The number of rotatable bonds is 3. The first kappa shape index (κ1) is 16.0. The number of alkyl halides is 2. The van der Waals surface area contributed by atoms with Gasteiger partial charge in [0.15, 0.2) is 0 Å². The number of halogens is 2. The summed E-state index contributed by atoms with van der Waals surface area (Å²) in [6, 6.07) is 6.23. The molecule has 1 amide bonds. The molecule has 1 aromatic carbocycles. The van der Waals surface area contributed by atoms with Gasteiger partial charge in [-0.2, -0.15) is 0 Å². The van der Waals surface area contributed by atoms with Crippen LogP contribution >= 0.6 is 0 Å². The van der Waals surface area contributed by atoms with E-state index in [1.807, 2.05) is 12.1 Å². The van der Waals surface area contributed by atoms with Crippen molar-refractivity contribution in [3.63, 3.8) is 0 Å². The Morgan fingerprint density at radius 1 is 1.30 bits per heavy atom. The number of carbonyl (C=O) groups excluding carboxylic acids is 1. The van der Waals surface area contributed by atoms with Crippen molar-refractivity contribution >= 4 is 11.6 Å². The fraction of sp³-hybridized carbons (Fsp3) is 0.500. The van der Waals surface area contributed by atoms with E-state index in [1.165, 1.54) is 11.6 Å². The van der Waals surface area contributed by atoms with Gasteiger partial charge in [-0.3, -0.25) is 4.79 Å². The summed E-state index contributed by atoms with van der Waals surface area (Å²) >= 11 is 0. The zero-order valence-corrected chi connectivity index (χ0v) is 13.2.